The van der Waals surface area contributed by atoms with Crippen LogP contribution in [0.15, 0.2) is 55.1 Å². The molecule has 86 valence electrons. The van der Waals surface area contributed by atoms with Gasteiger partial charge in [-0.15, -0.1) is 0 Å². The zero-order valence-corrected chi connectivity index (χ0v) is 10.8. The Morgan fingerprint density at radius 1 is 1.25 bits per heavy atom. The second-order valence-corrected chi connectivity index (χ2v) is 3.23. The fourth-order valence-electron chi connectivity index (χ4n) is 1.38. The van der Waals surface area contributed by atoms with Crippen LogP contribution < -0.4 is 0 Å². The lowest BCUT2D eigenvalue weighted by atomic mass is 10.0. The van der Waals surface area contributed by atoms with E-state index in [0.717, 1.165) is 0 Å². The monoisotopic (exact) mass is 214 g/mol. The molecule has 0 atom stereocenters. The van der Waals surface area contributed by atoms with Crippen molar-refractivity contribution < 1.29 is 0 Å². The predicted octanol–water partition coefficient (Wildman–Crippen LogP) is 5.17. The average Bonchev–Trinajstić information content (AvgIpc) is 2.31. The van der Waals surface area contributed by atoms with Gasteiger partial charge in [-0.2, -0.15) is 0 Å². The van der Waals surface area contributed by atoms with Crippen LogP contribution in [0.3, 0.4) is 0 Å². The molecule has 1 rings (SSSR count). The minimum atomic E-state index is 1.20. The Hall–Kier alpha value is -1.56. The summed E-state index contributed by atoms with van der Waals surface area (Å²) in [7, 11) is 0. The van der Waals surface area contributed by atoms with E-state index in [-0.39, 0.29) is 0 Å². The molecule has 0 aromatic heterocycles. The maximum atomic E-state index is 3.72. The maximum absolute atomic E-state index is 3.72. The average molecular weight is 214 g/mol. The number of hydrogen-bond donors (Lipinski definition) is 0. The van der Waals surface area contributed by atoms with Crippen molar-refractivity contribution in [1.82, 2.24) is 0 Å². The molecule has 0 aliphatic heterocycles. The predicted molar refractivity (Wildman–Crippen MR) is 75.5 cm³/mol. The largest absolute Gasteiger partial charge is 0.0990 e. The lowest BCUT2D eigenvalue weighted by Crippen LogP contribution is -1.81. The van der Waals surface area contributed by atoms with Crippen molar-refractivity contribution in [2.24, 2.45) is 0 Å². The van der Waals surface area contributed by atoms with E-state index < -0.39 is 0 Å². The van der Waals surface area contributed by atoms with E-state index in [1.807, 2.05) is 39.0 Å². The van der Waals surface area contributed by atoms with Gasteiger partial charge in [-0.3, -0.25) is 0 Å². The van der Waals surface area contributed by atoms with Crippen molar-refractivity contribution >= 4 is 5.57 Å². The van der Waals surface area contributed by atoms with Crippen molar-refractivity contribution in [3.05, 3.63) is 66.3 Å². The lowest BCUT2D eigenvalue weighted by Gasteiger charge is -2.02. The Morgan fingerprint density at radius 3 is 2.44 bits per heavy atom. The van der Waals surface area contributed by atoms with Gasteiger partial charge in [-0.25, -0.2) is 0 Å². The first-order chi connectivity index (χ1) is 7.77. The number of benzene rings is 1. The van der Waals surface area contributed by atoms with Gasteiger partial charge in [0.1, 0.15) is 0 Å². The molecule has 0 heteroatoms. The minimum Gasteiger partial charge on any atom is -0.0990 e. The molecule has 0 bridgehead atoms. The molecule has 0 saturated heterocycles. The molecule has 0 spiro atoms. The van der Waals surface area contributed by atoms with Crippen LogP contribution in [0.1, 0.15) is 31.9 Å². The summed E-state index contributed by atoms with van der Waals surface area (Å²) >= 11 is 0. The summed E-state index contributed by atoms with van der Waals surface area (Å²) in [6.07, 6.45) is 7.97. The number of aryl methyl sites for hydroxylation is 1. The standard InChI is InChI=1S/C14H16.C2H6/c1-4-7-13(8-5-2)14-10-6-9-12(3)11-14;1-2/h4-11H,1H2,2-3H3;1-2H3/b8-5-,13-7+;. The summed E-state index contributed by atoms with van der Waals surface area (Å²) in [5.41, 5.74) is 3.72. The Bertz CT molecular complexity index is 367. The number of rotatable bonds is 3. The fraction of sp³-hybridized carbons (Fsp3) is 0.250. The fourth-order valence-corrected chi connectivity index (χ4v) is 1.38. The van der Waals surface area contributed by atoms with E-state index in [0.29, 0.717) is 0 Å². The van der Waals surface area contributed by atoms with Gasteiger partial charge < -0.3 is 0 Å². The van der Waals surface area contributed by atoms with Crippen molar-refractivity contribution in [2.45, 2.75) is 27.7 Å². The van der Waals surface area contributed by atoms with E-state index in [1.165, 1.54) is 16.7 Å². The van der Waals surface area contributed by atoms with E-state index >= 15 is 0 Å². The smallest absolute Gasteiger partial charge is 0.0182 e. The van der Waals surface area contributed by atoms with Crippen molar-refractivity contribution in [2.75, 3.05) is 0 Å². The normalized spacial score (nSPS) is 10.9. The van der Waals surface area contributed by atoms with E-state index in [1.54, 1.807) is 0 Å². The van der Waals surface area contributed by atoms with Gasteiger partial charge in [0.15, 0.2) is 0 Å². The van der Waals surface area contributed by atoms with Crippen LogP contribution in [-0.4, -0.2) is 0 Å². The molecule has 0 amide bonds. The van der Waals surface area contributed by atoms with Gasteiger partial charge in [-0.05, 0) is 25.0 Å². The van der Waals surface area contributed by atoms with Gasteiger partial charge in [0.05, 0.1) is 0 Å². The summed E-state index contributed by atoms with van der Waals surface area (Å²) in [4.78, 5) is 0. The topological polar surface area (TPSA) is 0 Å². The van der Waals surface area contributed by atoms with E-state index in [2.05, 4.69) is 43.8 Å². The molecule has 1 aromatic rings. The van der Waals surface area contributed by atoms with Gasteiger partial charge in [0, 0.05) is 0 Å². The molecular weight excluding hydrogens is 192 g/mol. The first kappa shape index (κ1) is 14.4. The van der Waals surface area contributed by atoms with Gasteiger partial charge in [0.2, 0.25) is 0 Å². The third-order valence-corrected chi connectivity index (χ3v) is 2.00. The third-order valence-electron chi connectivity index (χ3n) is 2.00. The quantitative estimate of drug-likeness (QED) is 0.609. The highest BCUT2D eigenvalue weighted by Gasteiger charge is 1.95. The molecule has 0 radical (unpaired) electrons. The van der Waals surface area contributed by atoms with Crippen LogP contribution >= 0.6 is 0 Å². The SMILES string of the molecule is C=C/C=C(\C=C/C)c1cccc(C)c1.CC. The minimum absolute atomic E-state index is 1.20. The second kappa shape index (κ2) is 8.72. The highest BCUT2D eigenvalue weighted by atomic mass is 14.0. The highest BCUT2D eigenvalue weighted by Crippen LogP contribution is 2.17. The zero-order valence-electron chi connectivity index (χ0n) is 10.8. The molecule has 1 aromatic carbocycles. The molecule has 0 aliphatic carbocycles. The molecule has 0 saturated carbocycles. The maximum Gasteiger partial charge on any atom is -0.0182 e. The van der Waals surface area contributed by atoms with Crippen molar-refractivity contribution in [1.29, 1.82) is 0 Å². The summed E-state index contributed by atoms with van der Waals surface area (Å²) in [6.45, 7) is 11.8. The van der Waals surface area contributed by atoms with Gasteiger partial charge in [-0.1, -0.05) is 74.6 Å². The van der Waals surface area contributed by atoms with Crippen LogP contribution in [0.25, 0.3) is 5.57 Å². The zero-order chi connectivity index (χ0) is 12.4. The van der Waals surface area contributed by atoms with Crippen LogP contribution in [0.4, 0.5) is 0 Å². The Labute approximate surface area is 100 Å². The summed E-state index contributed by atoms with van der Waals surface area (Å²) < 4.78 is 0. The summed E-state index contributed by atoms with van der Waals surface area (Å²) in [5.74, 6) is 0. The Morgan fingerprint density at radius 2 is 1.94 bits per heavy atom. The highest BCUT2D eigenvalue weighted by molar-refractivity contribution is 5.75. The summed E-state index contributed by atoms with van der Waals surface area (Å²) in [5, 5.41) is 0. The van der Waals surface area contributed by atoms with Crippen LogP contribution in [0.5, 0.6) is 0 Å². The molecule has 0 unspecified atom stereocenters. The van der Waals surface area contributed by atoms with Gasteiger partial charge >= 0.3 is 0 Å². The van der Waals surface area contributed by atoms with Crippen LogP contribution in [0.2, 0.25) is 0 Å². The molecule has 0 aliphatic rings. The van der Waals surface area contributed by atoms with Crippen molar-refractivity contribution in [3.8, 4) is 0 Å². The molecular formula is C16H22. The molecule has 0 N–H and O–H groups in total. The van der Waals surface area contributed by atoms with Crippen LogP contribution in [-0.2, 0) is 0 Å². The first-order valence-electron chi connectivity index (χ1n) is 5.80. The molecule has 16 heavy (non-hydrogen) atoms. The lowest BCUT2D eigenvalue weighted by molar-refractivity contribution is 1.45. The molecule has 0 heterocycles. The van der Waals surface area contributed by atoms with E-state index in [9.17, 15) is 0 Å². The third kappa shape index (κ3) is 4.79. The first-order valence-corrected chi connectivity index (χ1v) is 5.80. The Balaban J connectivity index is 0.00000106. The van der Waals surface area contributed by atoms with Gasteiger partial charge in [0.25, 0.3) is 0 Å². The molecule has 0 nitrogen and oxygen atoms in total. The Kier molecular flexibility index (Phi) is 7.87. The van der Waals surface area contributed by atoms with E-state index in [4.69, 9.17) is 0 Å². The molecule has 0 fully saturated rings. The van der Waals surface area contributed by atoms with Crippen molar-refractivity contribution in [3.63, 3.8) is 0 Å². The second-order valence-electron chi connectivity index (χ2n) is 3.23. The summed E-state index contributed by atoms with van der Waals surface area (Å²) in [6, 6.07) is 8.47. The number of hydrogen-bond acceptors (Lipinski definition) is 0. The number of allylic oxidation sites excluding steroid dienone is 5. The van der Waals surface area contributed by atoms with Crippen LogP contribution in [0, 0.1) is 6.92 Å².